The maximum absolute atomic E-state index is 12.6. The number of rotatable bonds is 8. The fourth-order valence-electron chi connectivity index (χ4n) is 2.58. The Hall–Kier alpha value is -2.89. The third-order valence-electron chi connectivity index (χ3n) is 4.19. The van der Waals surface area contributed by atoms with Gasteiger partial charge in [0.05, 0.1) is 22.7 Å². The van der Waals surface area contributed by atoms with Crippen molar-refractivity contribution in [3.8, 4) is 11.5 Å². The number of nitrogens with zero attached hydrogens (tertiary/aromatic N) is 1. The Morgan fingerprint density at radius 3 is 2.22 bits per heavy atom. The molecule has 0 aliphatic carbocycles. The fourth-order valence-corrected chi connectivity index (χ4v) is 5.00. The molecule has 0 amide bonds. The molecular weight excluding hydrogens is 520 g/mol. The highest BCUT2D eigenvalue weighted by atomic mass is 79.9. The van der Waals surface area contributed by atoms with Gasteiger partial charge in [0.15, 0.2) is 11.5 Å². The zero-order chi connectivity index (χ0) is 23.4. The lowest BCUT2D eigenvalue weighted by molar-refractivity contribution is 0.389. The van der Waals surface area contributed by atoms with Crippen molar-refractivity contribution in [2.75, 3.05) is 7.11 Å². The molecule has 0 bridgehead atoms. The summed E-state index contributed by atoms with van der Waals surface area (Å²) in [7, 11) is -6.56. The predicted molar refractivity (Wildman–Crippen MR) is 124 cm³/mol. The van der Waals surface area contributed by atoms with E-state index < -0.39 is 20.1 Å². The average Bonchev–Trinajstić information content (AvgIpc) is 2.76. The van der Waals surface area contributed by atoms with E-state index in [-0.39, 0.29) is 25.8 Å². The van der Waals surface area contributed by atoms with Crippen LogP contribution >= 0.6 is 15.9 Å². The third kappa shape index (κ3) is 5.67. The van der Waals surface area contributed by atoms with Gasteiger partial charge in [0.1, 0.15) is 4.90 Å². The number of ether oxygens (including phenoxy) is 1. The topological polar surface area (TPSA) is 111 Å². The molecule has 8 nitrogen and oxygen atoms in total. The highest BCUT2D eigenvalue weighted by molar-refractivity contribution is 9.10. The minimum Gasteiger partial charge on any atom is -0.493 e. The standard InChI is InChI=1S/C21H19BrN2O6S2/c1-15-8-10-18(11-9-15)32(27,28)30-21-19(22)12-16(13-20(21)29-2)14-23-24-31(25,26)17-6-4-3-5-7-17/h3-14,24H,1-2H3/b23-14-. The van der Waals surface area contributed by atoms with Crippen molar-refractivity contribution in [1.82, 2.24) is 4.83 Å². The molecule has 3 rings (SSSR count). The molecule has 3 aromatic carbocycles. The zero-order valence-corrected chi connectivity index (χ0v) is 20.2. The van der Waals surface area contributed by atoms with Crippen molar-refractivity contribution in [1.29, 1.82) is 0 Å². The molecule has 0 spiro atoms. The van der Waals surface area contributed by atoms with E-state index in [1.807, 2.05) is 6.92 Å². The predicted octanol–water partition coefficient (Wildman–Crippen LogP) is 3.85. The maximum Gasteiger partial charge on any atom is 0.339 e. The summed E-state index contributed by atoms with van der Waals surface area (Å²) in [6, 6.07) is 17.0. The second-order valence-electron chi connectivity index (χ2n) is 6.55. The molecule has 0 saturated carbocycles. The van der Waals surface area contributed by atoms with E-state index >= 15 is 0 Å². The van der Waals surface area contributed by atoms with Crippen molar-refractivity contribution < 1.29 is 25.8 Å². The summed E-state index contributed by atoms with van der Waals surface area (Å²) in [5.74, 6) is 0.0671. The number of benzene rings is 3. The molecule has 0 aromatic heterocycles. The van der Waals surface area contributed by atoms with Gasteiger partial charge in [-0.15, -0.1) is 0 Å². The molecule has 0 aliphatic rings. The van der Waals surface area contributed by atoms with Crippen LogP contribution in [0, 0.1) is 6.92 Å². The third-order valence-corrected chi connectivity index (χ3v) is 7.26. The summed E-state index contributed by atoms with van der Waals surface area (Å²) in [4.78, 5) is 2.19. The van der Waals surface area contributed by atoms with Crippen LogP contribution < -0.4 is 13.8 Å². The Kier molecular flexibility index (Phi) is 7.22. The molecule has 168 valence electrons. The summed E-state index contributed by atoms with van der Waals surface area (Å²) in [5.41, 5.74) is 1.35. The highest BCUT2D eigenvalue weighted by Gasteiger charge is 2.22. The first-order valence-corrected chi connectivity index (χ1v) is 12.8. The molecule has 0 radical (unpaired) electrons. The van der Waals surface area contributed by atoms with Crippen LogP contribution in [-0.4, -0.2) is 30.2 Å². The molecule has 0 saturated heterocycles. The maximum atomic E-state index is 12.6. The van der Waals surface area contributed by atoms with Gasteiger partial charge in [-0.05, 0) is 64.8 Å². The summed E-state index contributed by atoms with van der Waals surface area (Å²) >= 11 is 3.27. The molecular formula is C21H19BrN2O6S2. The van der Waals surface area contributed by atoms with Crippen LogP contribution in [0.5, 0.6) is 11.5 Å². The Labute approximate surface area is 195 Å². The van der Waals surface area contributed by atoms with Crippen LogP contribution in [-0.2, 0) is 20.1 Å². The lowest BCUT2D eigenvalue weighted by atomic mass is 10.2. The largest absolute Gasteiger partial charge is 0.493 e. The fraction of sp³-hybridized carbons (Fsp3) is 0.0952. The molecule has 0 aliphatic heterocycles. The monoisotopic (exact) mass is 538 g/mol. The molecule has 0 heterocycles. The minimum absolute atomic E-state index is 0.00184. The smallest absolute Gasteiger partial charge is 0.339 e. The number of nitrogens with one attached hydrogen (secondary N) is 1. The van der Waals surface area contributed by atoms with Gasteiger partial charge in [0.2, 0.25) is 0 Å². The zero-order valence-electron chi connectivity index (χ0n) is 17.0. The van der Waals surface area contributed by atoms with Gasteiger partial charge in [0, 0.05) is 0 Å². The summed E-state index contributed by atoms with van der Waals surface area (Å²) in [6.07, 6.45) is 1.26. The van der Waals surface area contributed by atoms with E-state index in [9.17, 15) is 16.8 Å². The Morgan fingerprint density at radius 1 is 0.938 bits per heavy atom. The molecule has 0 unspecified atom stereocenters. The lowest BCUT2D eigenvalue weighted by Gasteiger charge is -2.13. The first-order chi connectivity index (χ1) is 15.1. The van der Waals surface area contributed by atoms with Crippen molar-refractivity contribution >= 4 is 42.3 Å². The number of hydrogen-bond donors (Lipinski definition) is 1. The van der Waals surface area contributed by atoms with Crippen molar-refractivity contribution in [3.63, 3.8) is 0 Å². The molecule has 3 aromatic rings. The number of sulfonamides is 1. The summed E-state index contributed by atoms with van der Waals surface area (Å²) in [6.45, 7) is 1.84. The SMILES string of the molecule is COc1cc(/C=N\NS(=O)(=O)c2ccccc2)cc(Br)c1OS(=O)(=O)c1ccc(C)cc1. The number of hydrazone groups is 1. The Balaban J connectivity index is 1.83. The number of aryl methyl sites for hydroxylation is 1. The van der Waals surface area contributed by atoms with Crippen molar-refractivity contribution in [2.24, 2.45) is 5.10 Å². The van der Waals surface area contributed by atoms with Gasteiger partial charge in [-0.1, -0.05) is 35.9 Å². The molecule has 0 fully saturated rings. The van der Waals surface area contributed by atoms with E-state index in [1.165, 1.54) is 49.7 Å². The number of methoxy groups -OCH3 is 1. The lowest BCUT2D eigenvalue weighted by Crippen LogP contribution is -2.18. The van der Waals surface area contributed by atoms with Crippen LogP contribution in [0.2, 0.25) is 0 Å². The van der Waals surface area contributed by atoms with Crippen LogP contribution in [0.4, 0.5) is 0 Å². The normalized spacial score (nSPS) is 12.0. The van der Waals surface area contributed by atoms with Crippen LogP contribution in [0.1, 0.15) is 11.1 Å². The van der Waals surface area contributed by atoms with Gasteiger partial charge in [-0.25, -0.2) is 4.83 Å². The van der Waals surface area contributed by atoms with Crippen molar-refractivity contribution in [3.05, 3.63) is 82.3 Å². The van der Waals surface area contributed by atoms with Crippen molar-refractivity contribution in [2.45, 2.75) is 16.7 Å². The van der Waals surface area contributed by atoms with Gasteiger partial charge >= 0.3 is 10.1 Å². The second-order valence-corrected chi connectivity index (χ2v) is 10.6. The van der Waals surface area contributed by atoms with Gasteiger partial charge in [-0.2, -0.15) is 21.9 Å². The van der Waals surface area contributed by atoms with Gasteiger partial charge < -0.3 is 8.92 Å². The number of halogens is 1. The molecule has 1 N–H and O–H groups in total. The van der Waals surface area contributed by atoms with Crippen LogP contribution in [0.25, 0.3) is 0 Å². The minimum atomic E-state index is -4.10. The highest BCUT2D eigenvalue weighted by Crippen LogP contribution is 2.38. The molecule has 0 atom stereocenters. The van der Waals surface area contributed by atoms with Crippen LogP contribution in [0.15, 0.2) is 86.1 Å². The van der Waals surface area contributed by atoms with Gasteiger partial charge in [-0.3, -0.25) is 0 Å². The van der Waals surface area contributed by atoms with Gasteiger partial charge in [0.25, 0.3) is 10.0 Å². The molecule has 32 heavy (non-hydrogen) atoms. The summed E-state index contributed by atoms with van der Waals surface area (Å²) in [5, 5.41) is 3.77. The first-order valence-electron chi connectivity index (χ1n) is 9.11. The number of hydrogen-bond acceptors (Lipinski definition) is 7. The second kappa shape index (κ2) is 9.72. The Morgan fingerprint density at radius 2 is 1.59 bits per heavy atom. The quantitative estimate of drug-likeness (QED) is 0.265. The first kappa shape index (κ1) is 23.8. The van der Waals surface area contributed by atoms with E-state index in [4.69, 9.17) is 8.92 Å². The Bertz CT molecular complexity index is 1340. The summed E-state index contributed by atoms with van der Waals surface area (Å²) < 4.78 is 60.6. The molecule has 11 heteroatoms. The average molecular weight is 539 g/mol. The van der Waals surface area contributed by atoms with E-state index in [2.05, 4.69) is 25.9 Å². The van der Waals surface area contributed by atoms with E-state index in [1.54, 1.807) is 30.3 Å². The van der Waals surface area contributed by atoms with Crippen LogP contribution in [0.3, 0.4) is 0 Å². The van der Waals surface area contributed by atoms with E-state index in [0.717, 1.165) is 5.56 Å². The van der Waals surface area contributed by atoms with E-state index in [0.29, 0.717) is 5.56 Å².